The van der Waals surface area contributed by atoms with E-state index in [1.165, 1.54) is 0 Å². The molecule has 2 aromatic rings. The van der Waals surface area contributed by atoms with E-state index in [-0.39, 0.29) is 5.92 Å². The van der Waals surface area contributed by atoms with Gasteiger partial charge in [0.2, 0.25) is 0 Å². The van der Waals surface area contributed by atoms with Crippen molar-refractivity contribution in [1.82, 2.24) is 9.97 Å². The van der Waals surface area contributed by atoms with Crippen molar-refractivity contribution in [2.24, 2.45) is 5.73 Å². The SMILES string of the molecule is CCOc1ccccc1Oc1cnc(C(C)C)nc1CN. The maximum absolute atomic E-state index is 5.89. The molecule has 0 aliphatic rings. The average molecular weight is 287 g/mol. The van der Waals surface area contributed by atoms with Gasteiger partial charge < -0.3 is 15.2 Å². The Bertz CT molecular complexity index is 600. The molecule has 21 heavy (non-hydrogen) atoms. The van der Waals surface area contributed by atoms with Crippen molar-refractivity contribution in [1.29, 1.82) is 0 Å². The standard InChI is InChI=1S/C16H21N3O2/c1-4-20-13-7-5-6-8-14(13)21-15-10-18-16(11(2)3)19-12(15)9-17/h5-8,10-11H,4,9,17H2,1-3H3. The minimum absolute atomic E-state index is 0.250. The van der Waals surface area contributed by atoms with Crippen LogP contribution in [0.15, 0.2) is 30.5 Å². The largest absolute Gasteiger partial charge is 0.490 e. The van der Waals surface area contributed by atoms with E-state index >= 15 is 0 Å². The number of benzene rings is 1. The Balaban J connectivity index is 2.31. The number of rotatable bonds is 6. The van der Waals surface area contributed by atoms with E-state index in [1.54, 1.807) is 6.20 Å². The molecule has 0 atom stereocenters. The first-order valence-corrected chi connectivity index (χ1v) is 7.11. The summed E-state index contributed by atoms with van der Waals surface area (Å²) in [6.45, 7) is 6.89. The number of para-hydroxylation sites is 2. The molecule has 0 saturated carbocycles. The molecule has 1 aromatic carbocycles. The quantitative estimate of drug-likeness (QED) is 0.883. The number of ether oxygens (including phenoxy) is 2. The summed E-state index contributed by atoms with van der Waals surface area (Å²) in [5.74, 6) is 2.90. The van der Waals surface area contributed by atoms with Gasteiger partial charge in [0.15, 0.2) is 17.2 Å². The Morgan fingerprint density at radius 1 is 1.14 bits per heavy atom. The number of hydrogen-bond acceptors (Lipinski definition) is 5. The Morgan fingerprint density at radius 2 is 1.86 bits per heavy atom. The molecule has 1 aromatic heterocycles. The van der Waals surface area contributed by atoms with E-state index < -0.39 is 0 Å². The van der Waals surface area contributed by atoms with Crippen LogP contribution in [0.3, 0.4) is 0 Å². The van der Waals surface area contributed by atoms with Gasteiger partial charge in [-0.25, -0.2) is 9.97 Å². The fourth-order valence-corrected chi connectivity index (χ4v) is 1.86. The molecule has 0 bridgehead atoms. The van der Waals surface area contributed by atoms with Crippen LogP contribution in [0.5, 0.6) is 17.2 Å². The summed E-state index contributed by atoms with van der Waals surface area (Å²) in [7, 11) is 0. The summed E-state index contributed by atoms with van der Waals surface area (Å²) in [5.41, 5.74) is 6.46. The van der Waals surface area contributed by atoms with Gasteiger partial charge in [0.1, 0.15) is 11.5 Å². The number of nitrogens with zero attached hydrogens (tertiary/aromatic N) is 2. The summed E-state index contributed by atoms with van der Waals surface area (Å²) >= 11 is 0. The maximum Gasteiger partial charge on any atom is 0.169 e. The van der Waals surface area contributed by atoms with Gasteiger partial charge in [-0.05, 0) is 19.1 Å². The van der Waals surface area contributed by atoms with E-state index in [9.17, 15) is 0 Å². The molecule has 2 rings (SSSR count). The third-order valence-corrected chi connectivity index (χ3v) is 2.93. The molecule has 2 N–H and O–H groups in total. The van der Waals surface area contributed by atoms with Crippen LogP contribution in [0, 0.1) is 0 Å². The van der Waals surface area contributed by atoms with E-state index in [2.05, 4.69) is 9.97 Å². The van der Waals surface area contributed by atoms with Crippen LogP contribution in [0.2, 0.25) is 0 Å². The smallest absolute Gasteiger partial charge is 0.169 e. The highest BCUT2D eigenvalue weighted by Gasteiger charge is 2.12. The lowest BCUT2D eigenvalue weighted by Gasteiger charge is -2.14. The van der Waals surface area contributed by atoms with Crippen molar-refractivity contribution < 1.29 is 9.47 Å². The zero-order valence-corrected chi connectivity index (χ0v) is 12.7. The molecule has 112 valence electrons. The van der Waals surface area contributed by atoms with Crippen LogP contribution in [-0.2, 0) is 6.54 Å². The molecular formula is C16H21N3O2. The zero-order chi connectivity index (χ0) is 15.2. The third kappa shape index (κ3) is 3.70. The average Bonchev–Trinajstić information content (AvgIpc) is 2.49. The normalized spacial score (nSPS) is 10.7. The lowest BCUT2D eigenvalue weighted by molar-refractivity contribution is 0.320. The Labute approximate surface area is 125 Å². The van der Waals surface area contributed by atoms with Crippen molar-refractivity contribution in [3.63, 3.8) is 0 Å². The Morgan fingerprint density at radius 3 is 2.48 bits per heavy atom. The molecule has 5 nitrogen and oxygen atoms in total. The monoisotopic (exact) mass is 287 g/mol. The topological polar surface area (TPSA) is 70.3 Å². The van der Waals surface area contributed by atoms with E-state index in [0.717, 1.165) is 5.82 Å². The summed E-state index contributed by atoms with van der Waals surface area (Å²) in [6, 6.07) is 7.51. The van der Waals surface area contributed by atoms with Crippen molar-refractivity contribution in [3.8, 4) is 17.2 Å². The van der Waals surface area contributed by atoms with Gasteiger partial charge in [0.05, 0.1) is 12.8 Å². The Hall–Kier alpha value is -2.14. The highest BCUT2D eigenvalue weighted by molar-refractivity contribution is 5.43. The molecule has 0 aliphatic heterocycles. The Kier molecular flexibility index (Phi) is 5.11. The molecule has 0 radical (unpaired) electrons. The van der Waals surface area contributed by atoms with Crippen LogP contribution < -0.4 is 15.2 Å². The lowest BCUT2D eigenvalue weighted by Crippen LogP contribution is -2.08. The second-order valence-corrected chi connectivity index (χ2v) is 4.88. The van der Waals surface area contributed by atoms with Crippen molar-refractivity contribution in [3.05, 3.63) is 42.0 Å². The molecule has 0 unspecified atom stereocenters. The minimum atomic E-state index is 0.250. The molecule has 0 amide bonds. The summed E-state index contributed by atoms with van der Waals surface area (Å²) in [5, 5.41) is 0. The van der Waals surface area contributed by atoms with E-state index in [0.29, 0.717) is 36.1 Å². The molecule has 0 fully saturated rings. The fourth-order valence-electron chi connectivity index (χ4n) is 1.86. The summed E-state index contributed by atoms with van der Waals surface area (Å²) in [6.07, 6.45) is 1.67. The summed E-state index contributed by atoms with van der Waals surface area (Å²) in [4.78, 5) is 8.79. The first-order valence-electron chi connectivity index (χ1n) is 7.11. The molecule has 1 heterocycles. The van der Waals surface area contributed by atoms with Crippen LogP contribution >= 0.6 is 0 Å². The van der Waals surface area contributed by atoms with Gasteiger partial charge >= 0.3 is 0 Å². The fraction of sp³-hybridized carbons (Fsp3) is 0.375. The van der Waals surface area contributed by atoms with Crippen molar-refractivity contribution in [2.45, 2.75) is 33.2 Å². The number of hydrogen-bond donors (Lipinski definition) is 1. The van der Waals surface area contributed by atoms with Crippen molar-refractivity contribution >= 4 is 0 Å². The van der Waals surface area contributed by atoms with Crippen molar-refractivity contribution in [2.75, 3.05) is 6.61 Å². The van der Waals surface area contributed by atoms with E-state index in [4.69, 9.17) is 15.2 Å². The highest BCUT2D eigenvalue weighted by atomic mass is 16.5. The van der Waals surface area contributed by atoms with Gasteiger partial charge in [-0.2, -0.15) is 0 Å². The predicted molar refractivity (Wildman–Crippen MR) is 81.7 cm³/mol. The summed E-state index contributed by atoms with van der Waals surface area (Å²) < 4.78 is 11.4. The minimum Gasteiger partial charge on any atom is -0.490 e. The van der Waals surface area contributed by atoms with Crippen LogP contribution in [0.25, 0.3) is 0 Å². The predicted octanol–water partition coefficient (Wildman–Crippen LogP) is 3.25. The first kappa shape index (κ1) is 15.3. The molecule has 0 spiro atoms. The third-order valence-electron chi connectivity index (χ3n) is 2.93. The van der Waals surface area contributed by atoms with Gasteiger partial charge in [-0.1, -0.05) is 26.0 Å². The second-order valence-electron chi connectivity index (χ2n) is 4.88. The van der Waals surface area contributed by atoms with Gasteiger partial charge in [-0.15, -0.1) is 0 Å². The molecule has 0 aliphatic carbocycles. The molecular weight excluding hydrogens is 266 g/mol. The molecule has 5 heteroatoms. The second kappa shape index (κ2) is 7.04. The highest BCUT2D eigenvalue weighted by Crippen LogP contribution is 2.32. The first-order chi connectivity index (χ1) is 10.2. The maximum atomic E-state index is 5.89. The zero-order valence-electron chi connectivity index (χ0n) is 12.7. The lowest BCUT2D eigenvalue weighted by atomic mass is 10.2. The van der Waals surface area contributed by atoms with Crippen LogP contribution in [0.4, 0.5) is 0 Å². The number of nitrogens with two attached hydrogens (primary N) is 1. The van der Waals surface area contributed by atoms with Crippen LogP contribution in [0.1, 0.15) is 38.2 Å². The van der Waals surface area contributed by atoms with E-state index in [1.807, 2.05) is 45.0 Å². The van der Waals surface area contributed by atoms with Gasteiger partial charge in [0.25, 0.3) is 0 Å². The molecule has 0 saturated heterocycles. The van der Waals surface area contributed by atoms with Gasteiger partial charge in [0, 0.05) is 12.5 Å². The number of aromatic nitrogens is 2. The van der Waals surface area contributed by atoms with Crippen LogP contribution in [-0.4, -0.2) is 16.6 Å². The van der Waals surface area contributed by atoms with Gasteiger partial charge in [-0.3, -0.25) is 0 Å².